The molecule has 536 valence electrons. The molecule has 0 saturated heterocycles. The number of carbonyl (C=O) groups excluding carboxylic acids is 2. The third-order valence-electron chi connectivity index (χ3n) is 15.5. The molecule has 0 aromatic carbocycles. The van der Waals surface area contributed by atoms with E-state index in [1.165, 1.54) is 109 Å². The molecule has 0 bridgehead atoms. The van der Waals surface area contributed by atoms with Crippen molar-refractivity contribution in [2.45, 2.75) is 302 Å². The Bertz CT molecular complexity index is 2270. The molecule has 9 nitrogen and oxygen atoms in total. The van der Waals surface area contributed by atoms with Gasteiger partial charge < -0.3 is 20.1 Å². The van der Waals surface area contributed by atoms with E-state index in [-0.39, 0.29) is 38.6 Å². The number of unbranched alkanes of at least 4 members (excludes halogenated alkanes) is 24. The molecular formula is C85H138NO8P. The summed E-state index contributed by atoms with van der Waals surface area (Å²) in [5, 5.41) is 0. The van der Waals surface area contributed by atoms with Crippen molar-refractivity contribution < 1.29 is 37.6 Å². The molecule has 2 unspecified atom stereocenters. The Balaban J connectivity index is 3.95. The van der Waals surface area contributed by atoms with Crippen LogP contribution >= 0.6 is 7.82 Å². The van der Waals surface area contributed by atoms with Crippen LogP contribution in [0.15, 0.2) is 194 Å². The van der Waals surface area contributed by atoms with Crippen LogP contribution in [-0.2, 0) is 32.7 Å². The molecule has 0 spiro atoms. The number of hydrogen-bond acceptors (Lipinski definition) is 8. The molecule has 0 fully saturated rings. The number of rotatable bonds is 69. The first-order valence-corrected chi connectivity index (χ1v) is 39.4. The van der Waals surface area contributed by atoms with Crippen LogP contribution < -0.4 is 5.73 Å². The summed E-state index contributed by atoms with van der Waals surface area (Å²) in [5.41, 5.74) is 5.41. The van der Waals surface area contributed by atoms with Gasteiger partial charge in [0, 0.05) is 19.4 Å². The third-order valence-corrected chi connectivity index (χ3v) is 16.5. The Kier molecular flexibility index (Phi) is 73.6. The molecule has 3 N–H and O–H groups in total. The molecule has 10 heteroatoms. The maximum Gasteiger partial charge on any atom is 0.472 e. The summed E-state index contributed by atoms with van der Waals surface area (Å²) in [6.45, 7) is 3.50. The van der Waals surface area contributed by atoms with E-state index < -0.39 is 26.5 Å². The van der Waals surface area contributed by atoms with E-state index in [1.807, 2.05) is 0 Å². The predicted molar refractivity (Wildman–Crippen MR) is 412 cm³/mol. The molecule has 0 saturated carbocycles. The zero-order valence-corrected chi connectivity index (χ0v) is 61.2. The van der Waals surface area contributed by atoms with Crippen LogP contribution in [0.5, 0.6) is 0 Å². The van der Waals surface area contributed by atoms with Gasteiger partial charge in [0.15, 0.2) is 6.10 Å². The lowest BCUT2D eigenvalue weighted by Gasteiger charge is -2.19. The molecule has 0 aliphatic rings. The largest absolute Gasteiger partial charge is 0.472 e. The summed E-state index contributed by atoms with van der Waals surface area (Å²) in [6.07, 6.45) is 118. The summed E-state index contributed by atoms with van der Waals surface area (Å²) >= 11 is 0. The van der Waals surface area contributed by atoms with Gasteiger partial charge >= 0.3 is 19.8 Å². The normalized spacial score (nSPS) is 14.0. The number of hydrogen-bond donors (Lipinski definition) is 2. The molecule has 0 aromatic heterocycles. The van der Waals surface area contributed by atoms with Gasteiger partial charge in [-0.2, -0.15) is 0 Å². The highest BCUT2D eigenvalue weighted by Crippen LogP contribution is 2.43. The van der Waals surface area contributed by atoms with Crippen molar-refractivity contribution in [3.8, 4) is 0 Å². The zero-order valence-electron chi connectivity index (χ0n) is 60.3. The Morgan fingerprint density at radius 3 is 0.811 bits per heavy atom. The van der Waals surface area contributed by atoms with Crippen LogP contribution in [0.3, 0.4) is 0 Å². The minimum atomic E-state index is -4.41. The lowest BCUT2D eigenvalue weighted by molar-refractivity contribution is -0.161. The second-order valence-corrected chi connectivity index (χ2v) is 25.9. The number of esters is 2. The number of phosphoric acid groups is 1. The van der Waals surface area contributed by atoms with Crippen molar-refractivity contribution in [3.63, 3.8) is 0 Å². The maximum atomic E-state index is 12.8. The van der Waals surface area contributed by atoms with E-state index in [0.717, 1.165) is 154 Å². The van der Waals surface area contributed by atoms with Crippen LogP contribution in [0, 0.1) is 0 Å². The van der Waals surface area contributed by atoms with Gasteiger partial charge in [-0.1, -0.05) is 337 Å². The summed E-state index contributed by atoms with van der Waals surface area (Å²) in [6, 6.07) is 0. The first-order valence-electron chi connectivity index (χ1n) is 37.9. The van der Waals surface area contributed by atoms with Gasteiger partial charge in [0.05, 0.1) is 13.2 Å². The van der Waals surface area contributed by atoms with E-state index in [0.29, 0.717) is 6.42 Å². The summed E-state index contributed by atoms with van der Waals surface area (Å²) in [4.78, 5) is 35.4. The molecule has 95 heavy (non-hydrogen) atoms. The van der Waals surface area contributed by atoms with Crippen LogP contribution in [-0.4, -0.2) is 49.3 Å². The van der Waals surface area contributed by atoms with Gasteiger partial charge in [0.2, 0.25) is 0 Å². The Labute approximate surface area is 583 Å². The van der Waals surface area contributed by atoms with E-state index in [9.17, 15) is 19.0 Å². The fourth-order valence-corrected chi connectivity index (χ4v) is 10.7. The van der Waals surface area contributed by atoms with E-state index >= 15 is 0 Å². The minimum Gasteiger partial charge on any atom is -0.462 e. The van der Waals surface area contributed by atoms with Crippen molar-refractivity contribution in [3.05, 3.63) is 194 Å². The van der Waals surface area contributed by atoms with E-state index in [2.05, 4.69) is 208 Å². The second-order valence-electron chi connectivity index (χ2n) is 24.4. The number of phosphoric ester groups is 1. The summed E-state index contributed by atoms with van der Waals surface area (Å²) < 4.78 is 33.2. The fraction of sp³-hybridized carbons (Fsp3) is 0.600. The van der Waals surface area contributed by atoms with Gasteiger partial charge in [-0.15, -0.1) is 0 Å². The Morgan fingerprint density at radius 1 is 0.316 bits per heavy atom. The summed E-state index contributed by atoms with van der Waals surface area (Å²) in [5.74, 6) is -0.845. The second kappa shape index (κ2) is 77.9. The lowest BCUT2D eigenvalue weighted by Crippen LogP contribution is -2.29. The monoisotopic (exact) mass is 1330 g/mol. The molecule has 0 rings (SSSR count). The highest BCUT2D eigenvalue weighted by Gasteiger charge is 2.26. The average molecular weight is 1330 g/mol. The Morgan fingerprint density at radius 2 is 0.547 bits per heavy atom. The number of nitrogens with two attached hydrogens (primary N) is 1. The van der Waals surface area contributed by atoms with Crippen molar-refractivity contribution in [2.24, 2.45) is 5.73 Å². The van der Waals surface area contributed by atoms with Gasteiger partial charge in [0.1, 0.15) is 6.61 Å². The number of ether oxygens (including phenoxy) is 2. The predicted octanol–water partition coefficient (Wildman–Crippen LogP) is 25.6. The van der Waals surface area contributed by atoms with Gasteiger partial charge in [-0.05, 0) is 141 Å². The van der Waals surface area contributed by atoms with Gasteiger partial charge in [-0.3, -0.25) is 18.6 Å². The van der Waals surface area contributed by atoms with Crippen LogP contribution in [0.25, 0.3) is 0 Å². The molecule has 0 aliphatic heterocycles. The van der Waals surface area contributed by atoms with Crippen molar-refractivity contribution >= 4 is 19.8 Å². The topological polar surface area (TPSA) is 134 Å². The lowest BCUT2D eigenvalue weighted by atomic mass is 10.0. The molecular weight excluding hydrogens is 1190 g/mol. The van der Waals surface area contributed by atoms with Crippen molar-refractivity contribution in [1.29, 1.82) is 0 Å². The highest BCUT2D eigenvalue weighted by atomic mass is 31.2. The van der Waals surface area contributed by atoms with Crippen LogP contribution in [0.4, 0.5) is 0 Å². The molecule has 0 radical (unpaired) electrons. The number of allylic oxidation sites excluding steroid dienone is 32. The van der Waals surface area contributed by atoms with E-state index in [1.54, 1.807) is 0 Å². The van der Waals surface area contributed by atoms with Crippen molar-refractivity contribution in [2.75, 3.05) is 26.4 Å². The average Bonchev–Trinajstić information content (AvgIpc) is 2.75. The fourth-order valence-electron chi connectivity index (χ4n) is 9.96. The number of carbonyl (C=O) groups is 2. The van der Waals surface area contributed by atoms with Crippen molar-refractivity contribution in [1.82, 2.24) is 0 Å². The molecule has 2 atom stereocenters. The SMILES string of the molecule is CC/C=C\C/C=C\C/C=C\C/C=C\C/C=C\C/C=C\C/C=C\C/C=C\C/C=C\C/C=C\C/C=C\CCCCCCCCCC(=O)OC(COC(=O)CCCCCCCCCCCCCCCCCCC/C=C\C/C=C\C/C=C\C/C=C\C/C=C\CC)COP(=O)(O)OCCN. The first kappa shape index (κ1) is 89.8. The van der Waals surface area contributed by atoms with E-state index in [4.69, 9.17) is 24.3 Å². The minimum absolute atomic E-state index is 0.0432. The quantitative estimate of drug-likeness (QED) is 0.0264. The third kappa shape index (κ3) is 77.7. The van der Waals surface area contributed by atoms with Gasteiger partial charge in [0.25, 0.3) is 0 Å². The standard InChI is InChI=1S/C85H138NO8P/c1-3-5-7-9-11-13-15-17-19-21-23-25-27-29-31-33-35-37-38-39-40-41-42-43-44-46-48-50-52-54-56-58-60-62-64-66-68-70-72-74-76-78-85(88)94-83(82-93-95(89,90)92-80-79-86)81-91-84(87)77-75-73-71-69-67-65-63-61-59-57-55-53-51-49-47-45-36-34-32-30-28-26-24-22-20-18-16-14-12-10-8-6-4-2/h5-8,11-14,17-20,23-26,29-32,35,37,39-40,42-43,46,48,52,54,58,60,83H,3-4,9-10,15-16,21-22,27-28,33-34,36,38,41,44-45,47,49-51,53,55-57,59,61-82,86H2,1-2H3,(H,89,90)/b7-5-,8-6-,13-11-,14-12-,19-17-,20-18-,25-23-,26-24-,31-29-,32-30-,37-35-,40-39-,43-42-,48-46-,54-52-,60-58-. The van der Waals surface area contributed by atoms with Gasteiger partial charge in [-0.25, -0.2) is 4.57 Å². The molecule has 0 heterocycles. The van der Waals surface area contributed by atoms with Crippen LogP contribution in [0.1, 0.15) is 296 Å². The Hall–Kier alpha value is -5.15. The molecule has 0 aliphatic carbocycles. The smallest absolute Gasteiger partial charge is 0.462 e. The highest BCUT2D eigenvalue weighted by molar-refractivity contribution is 7.47. The van der Waals surface area contributed by atoms with Crippen LogP contribution in [0.2, 0.25) is 0 Å². The zero-order chi connectivity index (χ0) is 68.6. The molecule has 0 aromatic rings. The summed E-state index contributed by atoms with van der Waals surface area (Å²) in [7, 11) is -4.41. The molecule has 0 amide bonds. The first-order chi connectivity index (χ1) is 46.8. The maximum absolute atomic E-state index is 12.8.